The molecule has 1 aromatic rings. The molecule has 1 aliphatic carbocycles. The highest BCUT2D eigenvalue weighted by molar-refractivity contribution is 5.41. The topological polar surface area (TPSA) is 32.7 Å². The van der Waals surface area contributed by atoms with Crippen molar-refractivity contribution in [3.63, 3.8) is 0 Å². The Labute approximate surface area is 102 Å². The molecule has 0 aromatic heterocycles. The maximum Gasteiger partial charge on any atom is 0.160 e. The lowest BCUT2D eigenvalue weighted by Crippen LogP contribution is -2.31. The molecule has 2 fully saturated rings. The normalized spacial score (nSPS) is 27.6. The van der Waals surface area contributed by atoms with Crippen LogP contribution in [0.5, 0.6) is 11.5 Å². The summed E-state index contributed by atoms with van der Waals surface area (Å²) in [6.07, 6.45) is 4.16. The van der Waals surface area contributed by atoms with Crippen LogP contribution in [0.2, 0.25) is 0 Å². The highest BCUT2D eigenvalue weighted by Gasteiger charge is 2.37. The molecule has 0 spiro atoms. The van der Waals surface area contributed by atoms with E-state index in [0.29, 0.717) is 5.75 Å². The molecule has 92 valence electrons. The Morgan fingerprint density at radius 2 is 2.29 bits per heavy atom. The molecule has 17 heavy (non-hydrogen) atoms. The average molecular weight is 233 g/mol. The molecule has 1 aromatic carbocycles. The molecule has 2 unspecified atom stereocenters. The average Bonchev–Trinajstić information content (AvgIpc) is 2.93. The van der Waals surface area contributed by atoms with Crippen LogP contribution in [0, 0.1) is 5.92 Å². The summed E-state index contributed by atoms with van der Waals surface area (Å²) in [5.74, 6) is 1.73. The Hall–Kier alpha value is -1.22. The van der Waals surface area contributed by atoms with Crippen LogP contribution in [0.15, 0.2) is 18.2 Å². The summed E-state index contributed by atoms with van der Waals surface area (Å²) in [6, 6.07) is 6.45. The van der Waals surface area contributed by atoms with E-state index in [-0.39, 0.29) is 5.75 Å². The zero-order chi connectivity index (χ0) is 11.8. The number of fused-ring (bicyclic) bond motifs is 2. The summed E-state index contributed by atoms with van der Waals surface area (Å²) < 4.78 is 5.14. The predicted octanol–water partition coefficient (Wildman–Crippen LogP) is 2.39. The van der Waals surface area contributed by atoms with Gasteiger partial charge < -0.3 is 9.84 Å². The molecule has 1 saturated heterocycles. The fourth-order valence-corrected chi connectivity index (χ4v) is 3.28. The van der Waals surface area contributed by atoms with Gasteiger partial charge >= 0.3 is 0 Å². The van der Waals surface area contributed by atoms with Gasteiger partial charge in [0.25, 0.3) is 0 Å². The third-order valence-corrected chi connectivity index (χ3v) is 4.15. The highest BCUT2D eigenvalue weighted by Crippen LogP contribution is 2.38. The maximum atomic E-state index is 9.56. The SMILES string of the molecule is COc1cc(CN2CC3CCC2C3)ccc1O. The van der Waals surface area contributed by atoms with E-state index >= 15 is 0 Å². The molecule has 2 aliphatic rings. The number of rotatable bonds is 3. The van der Waals surface area contributed by atoms with Gasteiger partial charge in [-0.2, -0.15) is 0 Å². The molecule has 3 heteroatoms. The summed E-state index contributed by atoms with van der Waals surface area (Å²) in [6.45, 7) is 2.23. The maximum absolute atomic E-state index is 9.56. The minimum atomic E-state index is 0.221. The molecule has 1 N–H and O–H groups in total. The number of benzene rings is 1. The molecule has 3 rings (SSSR count). The summed E-state index contributed by atoms with van der Waals surface area (Å²) in [7, 11) is 1.59. The Morgan fingerprint density at radius 1 is 1.41 bits per heavy atom. The molecule has 1 heterocycles. The zero-order valence-corrected chi connectivity index (χ0v) is 10.2. The summed E-state index contributed by atoms with van der Waals surface area (Å²) in [5.41, 5.74) is 1.23. The Kier molecular flexibility index (Phi) is 2.71. The largest absolute Gasteiger partial charge is 0.504 e. The number of hydrogen-bond donors (Lipinski definition) is 1. The van der Waals surface area contributed by atoms with Gasteiger partial charge in [0.05, 0.1) is 7.11 Å². The second-order valence-electron chi connectivity index (χ2n) is 5.27. The van der Waals surface area contributed by atoms with Crippen molar-refractivity contribution in [2.75, 3.05) is 13.7 Å². The number of methoxy groups -OCH3 is 1. The van der Waals surface area contributed by atoms with Crippen LogP contribution in [0.3, 0.4) is 0 Å². The molecule has 1 aliphatic heterocycles. The molecule has 2 bridgehead atoms. The van der Waals surface area contributed by atoms with Crippen molar-refractivity contribution in [1.82, 2.24) is 4.90 Å². The van der Waals surface area contributed by atoms with E-state index in [9.17, 15) is 5.11 Å². The number of nitrogens with zero attached hydrogens (tertiary/aromatic N) is 1. The van der Waals surface area contributed by atoms with Gasteiger partial charge in [0.2, 0.25) is 0 Å². The number of hydrogen-bond acceptors (Lipinski definition) is 3. The second-order valence-corrected chi connectivity index (χ2v) is 5.27. The molecule has 1 saturated carbocycles. The number of phenols is 1. The smallest absolute Gasteiger partial charge is 0.160 e. The van der Waals surface area contributed by atoms with Crippen LogP contribution in [0.4, 0.5) is 0 Å². The van der Waals surface area contributed by atoms with Gasteiger partial charge in [-0.25, -0.2) is 0 Å². The highest BCUT2D eigenvalue weighted by atomic mass is 16.5. The number of piperidine rings is 1. The van der Waals surface area contributed by atoms with Gasteiger partial charge in [0, 0.05) is 19.1 Å². The summed E-state index contributed by atoms with van der Waals surface area (Å²) in [4.78, 5) is 2.57. The van der Waals surface area contributed by atoms with Crippen LogP contribution >= 0.6 is 0 Å². The quantitative estimate of drug-likeness (QED) is 0.870. The molecular formula is C14H19NO2. The third kappa shape index (κ3) is 2.00. The fourth-order valence-electron chi connectivity index (χ4n) is 3.28. The lowest BCUT2D eigenvalue weighted by molar-refractivity contribution is 0.205. The van der Waals surface area contributed by atoms with Crippen molar-refractivity contribution < 1.29 is 9.84 Å². The van der Waals surface area contributed by atoms with Crippen molar-refractivity contribution in [3.05, 3.63) is 23.8 Å². The second kappa shape index (κ2) is 4.22. The van der Waals surface area contributed by atoms with Crippen molar-refractivity contribution in [2.45, 2.75) is 31.8 Å². The third-order valence-electron chi connectivity index (χ3n) is 4.15. The van der Waals surface area contributed by atoms with Crippen LogP contribution < -0.4 is 4.74 Å². The van der Waals surface area contributed by atoms with E-state index in [2.05, 4.69) is 4.90 Å². The van der Waals surface area contributed by atoms with Crippen LogP contribution in [0.25, 0.3) is 0 Å². The van der Waals surface area contributed by atoms with Gasteiger partial charge in [-0.05, 0) is 42.9 Å². The Bertz CT molecular complexity index is 419. The van der Waals surface area contributed by atoms with Gasteiger partial charge in [0.1, 0.15) is 0 Å². The first-order chi connectivity index (χ1) is 8.26. The van der Waals surface area contributed by atoms with Gasteiger partial charge in [-0.15, -0.1) is 0 Å². The summed E-state index contributed by atoms with van der Waals surface area (Å²) >= 11 is 0. The number of phenolic OH excluding ortho intramolecular Hbond substituents is 1. The predicted molar refractivity (Wildman–Crippen MR) is 66.2 cm³/mol. The van der Waals surface area contributed by atoms with E-state index in [1.807, 2.05) is 12.1 Å². The molecule has 3 nitrogen and oxygen atoms in total. The Morgan fingerprint density at radius 3 is 2.94 bits per heavy atom. The van der Waals surface area contributed by atoms with E-state index in [1.54, 1.807) is 13.2 Å². The molecule has 2 atom stereocenters. The number of aromatic hydroxyl groups is 1. The standard InChI is InChI=1S/C14H19NO2/c1-17-14-7-11(3-5-13(14)16)9-15-8-10-2-4-12(15)6-10/h3,5,7,10,12,16H,2,4,6,8-9H2,1H3. The van der Waals surface area contributed by atoms with Gasteiger partial charge in [-0.3, -0.25) is 4.90 Å². The van der Waals surface area contributed by atoms with Crippen molar-refractivity contribution >= 4 is 0 Å². The summed E-state index contributed by atoms with van der Waals surface area (Å²) in [5, 5.41) is 9.56. The van der Waals surface area contributed by atoms with Crippen LogP contribution in [-0.2, 0) is 6.54 Å². The van der Waals surface area contributed by atoms with E-state index in [0.717, 1.165) is 18.5 Å². The molecule has 0 amide bonds. The van der Waals surface area contributed by atoms with Crippen LogP contribution in [0.1, 0.15) is 24.8 Å². The van der Waals surface area contributed by atoms with E-state index in [4.69, 9.17) is 4.74 Å². The number of ether oxygens (including phenoxy) is 1. The lowest BCUT2D eigenvalue weighted by atomic mass is 10.1. The first-order valence-electron chi connectivity index (χ1n) is 6.36. The van der Waals surface area contributed by atoms with Gasteiger partial charge in [0.15, 0.2) is 11.5 Å². The number of likely N-dealkylation sites (tertiary alicyclic amines) is 1. The first kappa shape index (κ1) is 10.9. The monoisotopic (exact) mass is 233 g/mol. The van der Waals surface area contributed by atoms with E-state index < -0.39 is 0 Å². The van der Waals surface area contributed by atoms with Crippen molar-refractivity contribution in [3.8, 4) is 11.5 Å². The first-order valence-corrected chi connectivity index (χ1v) is 6.36. The Balaban J connectivity index is 1.73. The fraction of sp³-hybridized carbons (Fsp3) is 0.571. The van der Waals surface area contributed by atoms with Gasteiger partial charge in [-0.1, -0.05) is 6.07 Å². The minimum Gasteiger partial charge on any atom is -0.504 e. The molecule has 0 radical (unpaired) electrons. The zero-order valence-electron chi connectivity index (χ0n) is 10.2. The van der Waals surface area contributed by atoms with Crippen molar-refractivity contribution in [1.29, 1.82) is 0 Å². The van der Waals surface area contributed by atoms with E-state index in [1.165, 1.54) is 31.4 Å². The minimum absolute atomic E-state index is 0.221. The molecular weight excluding hydrogens is 214 g/mol. The van der Waals surface area contributed by atoms with Crippen LogP contribution in [-0.4, -0.2) is 29.7 Å². The van der Waals surface area contributed by atoms with Crippen molar-refractivity contribution in [2.24, 2.45) is 5.92 Å². The lowest BCUT2D eigenvalue weighted by Gasteiger charge is -2.26.